The van der Waals surface area contributed by atoms with Crippen molar-refractivity contribution in [3.63, 3.8) is 0 Å². The van der Waals surface area contributed by atoms with Gasteiger partial charge in [-0.3, -0.25) is 9.59 Å². The van der Waals surface area contributed by atoms with Crippen LogP contribution in [-0.2, 0) is 19.1 Å². The van der Waals surface area contributed by atoms with Crippen LogP contribution >= 0.6 is 24.0 Å². The molecular weight excluding hydrogens is 629 g/mol. The Morgan fingerprint density at radius 2 is 0.976 bits per heavy atom. The van der Waals surface area contributed by atoms with E-state index < -0.39 is 6.10 Å². The molecule has 7 heteroatoms. The Morgan fingerprint density at radius 3 is 1.37 bits per heavy atom. The fourth-order valence-electron chi connectivity index (χ4n) is 5.10. The third kappa shape index (κ3) is 32.3. The predicted molar refractivity (Wildman–Crippen MR) is 183 cm³/mol. The van der Waals surface area contributed by atoms with Crippen LogP contribution in [0.2, 0.25) is 0 Å². The molecule has 0 radical (unpaired) electrons. The van der Waals surface area contributed by atoms with Crippen LogP contribution < -0.4 is 0 Å². The Hall–Kier alpha value is -0.410. The first-order valence-electron chi connectivity index (χ1n) is 17.2. The fourth-order valence-corrected chi connectivity index (χ4v) is 5.10. The SMILES string of the molecule is CCCCCCCCCCCCCC(=O)OCC(CN(C)CCO)OC(=O)CCCCCCCCCCCCC.I. The summed E-state index contributed by atoms with van der Waals surface area (Å²) in [6.07, 6.45) is 27.7. The topological polar surface area (TPSA) is 76.1 Å². The van der Waals surface area contributed by atoms with Gasteiger partial charge in [0.15, 0.2) is 0 Å². The first kappa shape index (κ1) is 42.7. The molecule has 246 valence electrons. The van der Waals surface area contributed by atoms with Gasteiger partial charge < -0.3 is 19.5 Å². The monoisotopic (exact) mass is 697 g/mol. The zero-order valence-corrected chi connectivity index (χ0v) is 29.6. The van der Waals surface area contributed by atoms with Gasteiger partial charge in [-0.2, -0.15) is 0 Å². The van der Waals surface area contributed by atoms with Crippen molar-refractivity contribution < 1.29 is 24.2 Å². The van der Waals surface area contributed by atoms with Gasteiger partial charge in [0.05, 0.1) is 6.61 Å². The van der Waals surface area contributed by atoms with Gasteiger partial charge in [0.2, 0.25) is 0 Å². The molecule has 0 heterocycles. The van der Waals surface area contributed by atoms with Gasteiger partial charge >= 0.3 is 11.9 Å². The quantitative estimate of drug-likeness (QED) is 0.0442. The summed E-state index contributed by atoms with van der Waals surface area (Å²) in [5, 5.41) is 9.22. The number of nitrogens with zero attached hydrogens (tertiary/aromatic N) is 1. The zero-order valence-electron chi connectivity index (χ0n) is 27.3. The Bertz CT molecular complexity index is 563. The van der Waals surface area contributed by atoms with E-state index in [2.05, 4.69) is 13.8 Å². The van der Waals surface area contributed by atoms with E-state index >= 15 is 0 Å². The summed E-state index contributed by atoms with van der Waals surface area (Å²) in [5.74, 6) is -0.438. The molecule has 0 spiro atoms. The van der Waals surface area contributed by atoms with Crippen LogP contribution in [-0.4, -0.2) is 61.4 Å². The third-order valence-electron chi connectivity index (χ3n) is 7.69. The molecule has 0 saturated carbocycles. The number of esters is 2. The zero-order chi connectivity index (χ0) is 29.5. The number of aliphatic hydroxyl groups excluding tert-OH is 1. The van der Waals surface area contributed by atoms with Crippen LogP contribution in [0.3, 0.4) is 0 Å². The number of hydrogen-bond donors (Lipinski definition) is 1. The highest BCUT2D eigenvalue weighted by atomic mass is 127. The van der Waals surface area contributed by atoms with Crippen molar-refractivity contribution in [2.45, 2.75) is 174 Å². The number of likely N-dealkylation sites (N-methyl/N-ethyl adjacent to an activating group) is 1. The van der Waals surface area contributed by atoms with E-state index in [1.54, 1.807) is 0 Å². The lowest BCUT2D eigenvalue weighted by Crippen LogP contribution is -2.37. The number of aliphatic hydroxyl groups is 1. The van der Waals surface area contributed by atoms with E-state index in [1.807, 2.05) is 11.9 Å². The summed E-state index contributed by atoms with van der Waals surface area (Å²) >= 11 is 0. The van der Waals surface area contributed by atoms with Gasteiger partial charge in [0, 0.05) is 25.9 Å². The summed E-state index contributed by atoms with van der Waals surface area (Å²) in [5.41, 5.74) is 0. The minimum absolute atomic E-state index is 0. The van der Waals surface area contributed by atoms with Crippen LogP contribution in [0.4, 0.5) is 0 Å². The highest BCUT2D eigenvalue weighted by Crippen LogP contribution is 2.14. The Morgan fingerprint density at radius 1 is 0.610 bits per heavy atom. The van der Waals surface area contributed by atoms with Gasteiger partial charge in [-0.25, -0.2) is 0 Å². The number of rotatable bonds is 31. The van der Waals surface area contributed by atoms with Crippen LogP contribution in [0.5, 0.6) is 0 Å². The third-order valence-corrected chi connectivity index (χ3v) is 7.69. The van der Waals surface area contributed by atoms with E-state index in [0.717, 1.165) is 25.7 Å². The average Bonchev–Trinajstić information content (AvgIpc) is 2.93. The predicted octanol–water partition coefficient (Wildman–Crippen LogP) is 9.39. The van der Waals surface area contributed by atoms with E-state index in [9.17, 15) is 14.7 Å². The van der Waals surface area contributed by atoms with Gasteiger partial charge in [0.1, 0.15) is 12.7 Å². The van der Waals surface area contributed by atoms with E-state index in [0.29, 0.717) is 25.9 Å². The second-order valence-corrected chi connectivity index (χ2v) is 11.9. The van der Waals surface area contributed by atoms with Crippen molar-refractivity contribution in [1.82, 2.24) is 4.90 Å². The van der Waals surface area contributed by atoms with Crippen molar-refractivity contribution >= 4 is 35.9 Å². The molecule has 0 fully saturated rings. The van der Waals surface area contributed by atoms with Crippen molar-refractivity contribution in [3.8, 4) is 0 Å². The Kier molecular flexibility index (Phi) is 35.5. The summed E-state index contributed by atoms with van der Waals surface area (Å²) in [6.45, 7) is 5.55. The molecule has 1 N–H and O–H groups in total. The molecule has 0 aromatic rings. The van der Waals surface area contributed by atoms with Crippen LogP contribution in [0.25, 0.3) is 0 Å². The standard InChI is InChI=1S/C34H67NO5.HI/c1-4-6-8-10-12-14-16-18-20-22-24-26-33(37)39-31-32(30-35(3)28-29-36)40-34(38)27-25-23-21-19-17-15-13-11-9-7-5-2;/h32,36H,4-31H2,1-3H3;1H. The minimum Gasteiger partial charge on any atom is -0.462 e. The molecule has 6 nitrogen and oxygen atoms in total. The highest BCUT2D eigenvalue weighted by molar-refractivity contribution is 14.0. The molecule has 0 saturated heterocycles. The summed E-state index contributed by atoms with van der Waals surface area (Å²) in [4.78, 5) is 26.6. The number of unbranched alkanes of at least 4 members (excludes halogenated alkanes) is 20. The number of halogens is 1. The first-order chi connectivity index (χ1) is 19.5. The largest absolute Gasteiger partial charge is 0.462 e. The molecule has 0 amide bonds. The Balaban J connectivity index is 0. The summed E-state index contributed by atoms with van der Waals surface area (Å²) in [7, 11) is 1.87. The smallest absolute Gasteiger partial charge is 0.306 e. The molecule has 41 heavy (non-hydrogen) atoms. The van der Waals surface area contributed by atoms with Gasteiger partial charge in [-0.05, 0) is 19.9 Å². The van der Waals surface area contributed by atoms with Crippen molar-refractivity contribution in [1.29, 1.82) is 0 Å². The van der Waals surface area contributed by atoms with Crippen molar-refractivity contribution in [2.24, 2.45) is 0 Å². The van der Waals surface area contributed by atoms with Crippen LogP contribution in [0, 0.1) is 0 Å². The number of carbonyl (C=O) groups excluding carboxylic acids is 2. The lowest BCUT2D eigenvalue weighted by molar-refractivity contribution is -0.160. The summed E-state index contributed by atoms with van der Waals surface area (Å²) < 4.78 is 11.2. The maximum absolute atomic E-state index is 12.5. The fraction of sp³-hybridized carbons (Fsp3) is 0.941. The lowest BCUT2D eigenvalue weighted by atomic mass is 10.1. The second-order valence-electron chi connectivity index (χ2n) is 11.9. The maximum Gasteiger partial charge on any atom is 0.306 e. The average molecular weight is 698 g/mol. The molecule has 0 rings (SSSR count). The van der Waals surface area contributed by atoms with Crippen LogP contribution in [0.15, 0.2) is 0 Å². The van der Waals surface area contributed by atoms with Crippen molar-refractivity contribution in [3.05, 3.63) is 0 Å². The normalized spacial score (nSPS) is 11.8. The van der Waals surface area contributed by atoms with Crippen molar-refractivity contribution in [2.75, 3.05) is 33.4 Å². The van der Waals surface area contributed by atoms with E-state index in [-0.39, 0.29) is 49.1 Å². The minimum atomic E-state index is -0.502. The van der Waals surface area contributed by atoms with E-state index in [1.165, 1.54) is 116 Å². The first-order valence-corrected chi connectivity index (χ1v) is 17.2. The van der Waals surface area contributed by atoms with Gasteiger partial charge in [-0.15, -0.1) is 24.0 Å². The number of hydrogen-bond acceptors (Lipinski definition) is 6. The molecule has 0 aromatic heterocycles. The molecule has 0 bridgehead atoms. The molecule has 0 aliphatic carbocycles. The highest BCUT2D eigenvalue weighted by Gasteiger charge is 2.19. The Labute approximate surface area is 271 Å². The molecular formula is C34H68INO5. The van der Waals surface area contributed by atoms with Crippen LogP contribution in [0.1, 0.15) is 168 Å². The lowest BCUT2D eigenvalue weighted by Gasteiger charge is -2.23. The summed E-state index contributed by atoms with van der Waals surface area (Å²) in [6, 6.07) is 0. The number of ether oxygens (including phenoxy) is 2. The molecule has 1 atom stereocenters. The molecule has 0 aromatic carbocycles. The second kappa shape index (κ2) is 34.1. The molecule has 0 aliphatic heterocycles. The maximum atomic E-state index is 12.5. The number of carbonyl (C=O) groups is 2. The molecule has 0 aliphatic rings. The van der Waals surface area contributed by atoms with Gasteiger partial charge in [0.25, 0.3) is 0 Å². The van der Waals surface area contributed by atoms with Gasteiger partial charge in [-0.1, -0.05) is 142 Å². The molecule has 1 unspecified atom stereocenters. The van der Waals surface area contributed by atoms with E-state index in [4.69, 9.17) is 9.47 Å².